The van der Waals surface area contributed by atoms with Crippen LogP contribution < -0.4 is 4.90 Å². The van der Waals surface area contributed by atoms with Crippen LogP contribution in [0.15, 0.2) is 12.3 Å². The van der Waals surface area contributed by atoms with E-state index in [4.69, 9.17) is 10.1 Å². The van der Waals surface area contributed by atoms with Gasteiger partial charge in [0.05, 0.1) is 12.0 Å². The molecule has 1 aromatic heterocycles. The van der Waals surface area contributed by atoms with Crippen LogP contribution in [0.4, 0.5) is 5.82 Å². The fourth-order valence-electron chi connectivity index (χ4n) is 3.28. The summed E-state index contributed by atoms with van der Waals surface area (Å²) in [6.45, 7) is 12.3. The molecule has 0 aliphatic carbocycles. The van der Waals surface area contributed by atoms with E-state index in [1.165, 1.54) is 0 Å². The Balaban J connectivity index is 2.10. The van der Waals surface area contributed by atoms with Gasteiger partial charge in [-0.15, -0.1) is 0 Å². The van der Waals surface area contributed by atoms with Crippen LogP contribution in [0, 0.1) is 18.3 Å². The highest BCUT2D eigenvalue weighted by Gasteiger charge is 2.27. The molecule has 1 aliphatic heterocycles. The summed E-state index contributed by atoms with van der Waals surface area (Å²) in [7, 11) is 0. The molecule has 148 valence electrons. The standard InChI is InChI=1S/C20H30N4O3/c1-13(2)27-20(26)18-14(3)6-7-22-19(18)24-10-8-23(9-11-24)12-17(15(4)21)16(5)25/h6-7,13,17,21H,8-12H2,1-5H3. The van der Waals surface area contributed by atoms with E-state index < -0.39 is 0 Å². The van der Waals surface area contributed by atoms with Gasteiger partial charge in [-0.2, -0.15) is 0 Å². The molecule has 0 spiro atoms. The van der Waals surface area contributed by atoms with Crippen LogP contribution in [-0.4, -0.2) is 66.2 Å². The monoisotopic (exact) mass is 374 g/mol. The highest BCUT2D eigenvalue weighted by atomic mass is 16.5. The number of hydrogen-bond acceptors (Lipinski definition) is 7. The molecule has 7 nitrogen and oxygen atoms in total. The summed E-state index contributed by atoms with van der Waals surface area (Å²) in [5, 5.41) is 7.81. The van der Waals surface area contributed by atoms with Crippen LogP contribution in [0.25, 0.3) is 0 Å². The Labute approximate surface area is 161 Å². The van der Waals surface area contributed by atoms with E-state index in [2.05, 4.69) is 14.8 Å². The Kier molecular flexibility index (Phi) is 7.07. The van der Waals surface area contributed by atoms with Crippen molar-refractivity contribution < 1.29 is 14.3 Å². The highest BCUT2D eigenvalue weighted by Crippen LogP contribution is 2.24. The van der Waals surface area contributed by atoms with Crippen molar-refractivity contribution in [1.29, 1.82) is 5.41 Å². The minimum atomic E-state index is -0.343. The lowest BCUT2D eigenvalue weighted by molar-refractivity contribution is -0.119. The Hall–Kier alpha value is -2.28. The van der Waals surface area contributed by atoms with Gasteiger partial charge in [0.25, 0.3) is 0 Å². The summed E-state index contributed by atoms with van der Waals surface area (Å²) in [4.78, 5) is 33.0. The smallest absolute Gasteiger partial charge is 0.342 e. The Morgan fingerprint density at radius 3 is 2.37 bits per heavy atom. The molecule has 1 saturated heterocycles. The first-order valence-corrected chi connectivity index (χ1v) is 9.40. The SMILES string of the molecule is CC(=N)C(CN1CCN(c2nccc(C)c2C(=O)OC(C)C)CC1)C(C)=O. The zero-order valence-electron chi connectivity index (χ0n) is 16.9. The lowest BCUT2D eigenvalue weighted by Gasteiger charge is -2.37. The molecule has 1 fully saturated rings. The Bertz CT molecular complexity index is 695. The fraction of sp³-hybridized carbons (Fsp3) is 0.600. The van der Waals surface area contributed by atoms with E-state index >= 15 is 0 Å². The molecule has 27 heavy (non-hydrogen) atoms. The topological polar surface area (TPSA) is 86.6 Å². The number of ether oxygens (including phenoxy) is 1. The maximum Gasteiger partial charge on any atom is 0.342 e. The van der Waals surface area contributed by atoms with Gasteiger partial charge in [0.15, 0.2) is 0 Å². The van der Waals surface area contributed by atoms with Crippen molar-refractivity contribution in [3.05, 3.63) is 23.4 Å². The number of nitrogens with one attached hydrogen (secondary N) is 1. The zero-order chi connectivity index (χ0) is 20.1. The van der Waals surface area contributed by atoms with Crippen LogP contribution >= 0.6 is 0 Å². The minimum Gasteiger partial charge on any atom is -0.459 e. The van der Waals surface area contributed by atoms with Crippen LogP contribution in [-0.2, 0) is 9.53 Å². The van der Waals surface area contributed by atoms with Gasteiger partial charge in [0.1, 0.15) is 17.2 Å². The van der Waals surface area contributed by atoms with Gasteiger partial charge >= 0.3 is 5.97 Å². The van der Waals surface area contributed by atoms with E-state index in [9.17, 15) is 9.59 Å². The summed E-state index contributed by atoms with van der Waals surface area (Å²) in [6.07, 6.45) is 1.53. The van der Waals surface area contributed by atoms with Crippen molar-refractivity contribution in [2.45, 2.75) is 40.7 Å². The molecule has 7 heteroatoms. The van der Waals surface area contributed by atoms with Crippen LogP contribution in [0.1, 0.15) is 43.6 Å². The number of pyridine rings is 1. The molecule has 0 aromatic carbocycles. The zero-order valence-corrected chi connectivity index (χ0v) is 16.9. The van der Waals surface area contributed by atoms with Crippen molar-refractivity contribution in [2.24, 2.45) is 5.92 Å². The van der Waals surface area contributed by atoms with E-state index in [0.29, 0.717) is 36.7 Å². The van der Waals surface area contributed by atoms with Crippen molar-refractivity contribution in [3.8, 4) is 0 Å². The molecule has 1 aromatic rings. The number of carbonyl (C=O) groups excluding carboxylic acids is 2. The van der Waals surface area contributed by atoms with Crippen LogP contribution in [0.2, 0.25) is 0 Å². The van der Waals surface area contributed by atoms with Gasteiger partial charge in [-0.05, 0) is 46.2 Å². The van der Waals surface area contributed by atoms with Gasteiger partial charge in [-0.25, -0.2) is 9.78 Å². The molecule has 0 amide bonds. The van der Waals surface area contributed by atoms with E-state index in [0.717, 1.165) is 18.7 Å². The average molecular weight is 374 g/mol. The molecule has 2 rings (SSSR count). The number of nitrogens with zero attached hydrogens (tertiary/aromatic N) is 3. The molecule has 1 N–H and O–H groups in total. The second-order valence-corrected chi connectivity index (χ2v) is 7.41. The van der Waals surface area contributed by atoms with Gasteiger partial charge in [-0.1, -0.05) is 0 Å². The van der Waals surface area contributed by atoms with Crippen molar-refractivity contribution in [2.75, 3.05) is 37.6 Å². The maximum absolute atomic E-state index is 12.5. The summed E-state index contributed by atoms with van der Waals surface area (Å²) in [5.41, 5.74) is 1.78. The van der Waals surface area contributed by atoms with Crippen LogP contribution in [0.5, 0.6) is 0 Å². The number of hydrogen-bond donors (Lipinski definition) is 1. The van der Waals surface area contributed by atoms with Gasteiger partial charge < -0.3 is 15.0 Å². The number of piperazine rings is 1. The normalized spacial score (nSPS) is 16.3. The third-order valence-corrected chi connectivity index (χ3v) is 4.81. The lowest BCUT2D eigenvalue weighted by Crippen LogP contribution is -2.49. The predicted octanol–water partition coefficient (Wildman–Crippen LogP) is 2.32. The second-order valence-electron chi connectivity index (χ2n) is 7.41. The predicted molar refractivity (Wildman–Crippen MR) is 106 cm³/mol. The fourth-order valence-corrected chi connectivity index (χ4v) is 3.28. The number of aryl methyl sites for hydroxylation is 1. The lowest BCUT2D eigenvalue weighted by atomic mass is 9.99. The molecule has 1 aliphatic rings. The third-order valence-electron chi connectivity index (χ3n) is 4.81. The van der Waals surface area contributed by atoms with Crippen molar-refractivity contribution in [3.63, 3.8) is 0 Å². The number of Topliss-reactive ketones (excluding diaryl/α,β-unsaturated/α-hetero) is 1. The average Bonchev–Trinajstić information content (AvgIpc) is 2.58. The van der Waals surface area contributed by atoms with Gasteiger partial charge in [0.2, 0.25) is 0 Å². The summed E-state index contributed by atoms with van der Waals surface area (Å²) < 4.78 is 5.40. The largest absolute Gasteiger partial charge is 0.459 e. The maximum atomic E-state index is 12.5. The Morgan fingerprint density at radius 1 is 1.22 bits per heavy atom. The van der Waals surface area contributed by atoms with Crippen molar-refractivity contribution in [1.82, 2.24) is 9.88 Å². The van der Waals surface area contributed by atoms with E-state index in [1.807, 2.05) is 26.8 Å². The second kappa shape index (κ2) is 9.08. The number of esters is 1. The molecular formula is C20H30N4O3. The molecule has 2 heterocycles. The van der Waals surface area contributed by atoms with Gasteiger partial charge in [0, 0.05) is 44.6 Å². The first-order valence-electron chi connectivity index (χ1n) is 9.40. The number of aromatic nitrogens is 1. The number of rotatable bonds is 7. The van der Waals surface area contributed by atoms with E-state index in [1.54, 1.807) is 20.0 Å². The van der Waals surface area contributed by atoms with Crippen LogP contribution in [0.3, 0.4) is 0 Å². The molecule has 0 radical (unpaired) electrons. The molecule has 1 atom stereocenters. The summed E-state index contributed by atoms with van der Waals surface area (Å²) in [5.74, 6) is 0.00461. The highest BCUT2D eigenvalue weighted by molar-refractivity contribution is 6.01. The minimum absolute atomic E-state index is 0.0315. The van der Waals surface area contributed by atoms with E-state index in [-0.39, 0.29) is 23.8 Å². The first kappa shape index (κ1) is 21.0. The van der Waals surface area contributed by atoms with Gasteiger partial charge in [-0.3, -0.25) is 9.69 Å². The quantitative estimate of drug-likeness (QED) is 0.582. The summed E-state index contributed by atoms with van der Waals surface area (Å²) >= 11 is 0. The first-order chi connectivity index (χ1) is 12.7. The molecule has 0 saturated carbocycles. The molecular weight excluding hydrogens is 344 g/mol. The number of ketones is 1. The molecule has 1 unspecified atom stereocenters. The summed E-state index contributed by atoms with van der Waals surface area (Å²) in [6, 6.07) is 1.82. The van der Waals surface area contributed by atoms with Crippen molar-refractivity contribution >= 4 is 23.3 Å². The Morgan fingerprint density at radius 2 is 1.85 bits per heavy atom. The third kappa shape index (κ3) is 5.35. The number of carbonyl (C=O) groups is 2. The molecule has 0 bridgehead atoms. The number of anilines is 1.